The highest BCUT2D eigenvalue weighted by Crippen LogP contribution is 2.43. The number of esters is 1. The van der Waals surface area contributed by atoms with Crippen molar-refractivity contribution in [1.29, 1.82) is 0 Å². The molecule has 1 aromatic carbocycles. The van der Waals surface area contributed by atoms with Crippen LogP contribution in [0.4, 0.5) is 5.00 Å². The molecular weight excluding hydrogens is 424 g/mol. The Hall–Kier alpha value is -3.32. The first kappa shape index (κ1) is 20.6. The molecule has 0 fully saturated rings. The zero-order valence-corrected chi connectivity index (χ0v) is 18.5. The molecule has 164 valence electrons. The SMILES string of the molecule is CC[C@H]1CCc2c(sc3c2C(=O)N[C@@H](c2ccc(OC(=O)/C=C/c4ccco4)cc2)N3)C1. The summed E-state index contributed by atoms with van der Waals surface area (Å²) >= 11 is 1.72. The van der Waals surface area contributed by atoms with Crippen LogP contribution in [0.1, 0.15) is 58.1 Å². The highest BCUT2D eigenvalue weighted by atomic mass is 32.1. The predicted octanol–water partition coefficient (Wildman–Crippen LogP) is 5.33. The molecule has 0 spiro atoms. The molecule has 0 saturated heterocycles. The molecule has 0 saturated carbocycles. The molecule has 6 nitrogen and oxygen atoms in total. The standard InChI is InChI=1S/C25H24N2O4S/c1-2-15-5-11-19-20(14-15)32-25-22(19)24(29)26-23(27-25)16-6-8-18(9-7-16)31-21(28)12-10-17-4-3-13-30-17/h3-4,6-10,12-13,15,23,27H,2,5,11,14H2,1H3,(H,26,29)/b12-10+/t15-,23+/m0/s1. The van der Waals surface area contributed by atoms with Gasteiger partial charge in [0.2, 0.25) is 0 Å². The fraction of sp³-hybridized carbons (Fsp3) is 0.280. The minimum Gasteiger partial charge on any atom is -0.465 e. The number of hydrogen-bond acceptors (Lipinski definition) is 6. The van der Waals surface area contributed by atoms with Crippen LogP contribution < -0.4 is 15.4 Å². The van der Waals surface area contributed by atoms with Crippen molar-refractivity contribution in [2.45, 2.75) is 38.8 Å². The summed E-state index contributed by atoms with van der Waals surface area (Å²) < 4.78 is 10.5. The highest BCUT2D eigenvalue weighted by molar-refractivity contribution is 7.16. The molecule has 2 aliphatic rings. The summed E-state index contributed by atoms with van der Waals surface area (Å²) in [5.41, 5.74) is 2.94. The van der Waals surface area contributed by atoms with E-state index in [9.17, 15) is 9.59 Å². The molecule has 0 radical (unpaired) electrons. The molecule has 2 atom stereocenters. The van der Waals surface area contributed by atoms with Crippen LogP contribution in [0.5, 0.6) is 5.75 Å². The molecule has 1 aliphatic carbocycles. The first-order valence-corrected chi connectivity index (χ1v) is 11.7. The number of rotatable bonds is 5. The smallest absolute Gasteiger partial charge is 0.336 e. The Labute approximate surface area is 190 Å². The van der Waals surface area contributed by atoms with Gasteiger partial charge in [0.15, 0.2) is 0 Å². The maximum Gasteiger partial charge on any atom is 0.336 e. The minimum atomic E-state index is -0.488. The van der Waals surface area contributed by atoms with Gasteiger partial charge in [0.05, 0.1) is 11.8 Å². The van der Waals surface area contributed by atoms with Gasteiger partial charge in [-0.25, -0.2) is 4.79 Å². The van der Waals surface area contributed by atoms with Crippen molar-refractivity contribution in [2.75, 3.05) is 5.32 Å². The monoisotopic (exact) mass is 448 g/mol. The van der Waals surface area contributed by atoms with E-state index in [2.05, 4.69) is 17.6 Å². The molecule has 5 rings (SSSR count). The van der Waals surface area contributed by atoms with Gasteiger partial charge >= 0.3 is 5.97 Å². The summed E-state index contributed by atoms with van der Waals surface area (Å²) in [5, 5.41) is 7.52. The van der Waals surface area contributed by atoms with Crippen LogP contribution in [-0.4, -0.2) is 11.9 Å². The predicted molar refractivity (Wildman–Crippen MR) is 124 cm³/mol. The number of anilines is 1. The lowest BCUT2D eigenvalue weighted by atomic mass is 9.85. The lowest BCUT2D eigenvalue weighted by Gasteiger charge is -2.27. The van der Waals surface area contributed by atoms with E-state index >= 15 is 0 Å². The van der Waals surface area contributed by atoms with Gasteiger partial charge in [-0.3, -0.25) is 4.79 Å². The number of benzene rings is 1. The minimum absolute atomic E-state index is 0.0187. The highest BCUT2D eigenvalue weighted by Gasteiger charge is 2.33. The molecule has 3 aromatic rings. The summed E-state index contributed by atoms with van der Waals surface area (Å²) in [4.78, 5) is 26.3. The van der Waals surface area contributed by atoms with Gasteiger partial charge in [-0.05, 0) is 66.6 Å². The molecule has 0 unspecified atom stereocenters. The number of amides is 1. The van der Waals surface area contributed by atoms with E-state index in [-0.39, 0.29) is 12.1 Å². The Morgan fingerprint density at radius 1 is 1.25 bits per heavy atom. The largest absolute Gasteiger partial charge is 0.465 e. The Balaban J connectivity index is 1.27. The molecule has 1 amide bonds. The van der Waals surface area contributed by atoms with Crippen molar-refractivity contribution in [1.82, 2.24) is 5.32 Å². The van der Waals surface area contributed by atoms with Crippen molar-refractivity contribution in [3.8, 4) is 5.75 Å². The second-order valence-corrected chi connectivity index (χ2v) is 9.22. The molecule has 3 heterocycles. The van der Waals surface area contributed by atoms with Gasteiger partial charge in [0.1, 0.15) is 22.7 Å². The zero-order valence-electron chi connectivity index (χ0n) is 17.7. The van der Waals surface area contributed by atoms with Crippen LogP contribution >= 0.6 is 11.3 Å². The Bertz CT molecular complexity index is 1160. The van der Waals surface area contributed by atoms with E-state index in [1.807, 2.05) is 12.1 Å². The van der Waals surface area contributed by atoms with E-state index in [1.165, 1.54) is 29.2 Å². The molecule has 32 heavy (non-hydrogen) atoms. The maximum atomic E-state index is 12.9. The zero-order chi connectivity index (χ0) is 22.1. The van der Waals surface area contributed by atoms with Crippen molar-refractivity contribution >= 4 is 34.3 Å². The second kappa shape index (κ2) is 8.67. The first-order valence-electron chi connectivity index (χ1n) is 10.9. The number of fused-ring (bicyclic) bond motifs is 3. The molecule has 2 aromatic heterocycles. The lowest BCUT2D eigenvalue weighted by molar-refractivity contribution is -0.128. The number of carbonyl (C=O) groups excluding carboxylic acids is 2. The van der Waals surface area contributed by atoms with Gasteiger partial charge in [0, 0.05) is 11.0 Å². The van der Waals surface area contributed by atoms with E-state index < -0.39 is 5.97 Å². The van der Waals surface area contributed by atoms with Crippen molar-refractivity contribution in [2.24, 2.45) is 5.92 Å². The molecule has 7 heteroatoms. The van der Waals surface area contributed by atoms with Crippen LogP contribution in [-0.2, 0) is 17.6 Å². The maximum absolute atomic E-state index is 12.9. The van der Waals surface area contributed by atoms with Gasteiger partial charge < -0.3 is 19.8 Å². The third-order valence-electron chi connectivity index (χ3n) is 6.08. The quantitative estimate of drug-likeness (QED) is 0.313. The van der Waals surface area contributed by atoms with Crippen LogP contribution in [0.3, 0.4) is 0 Å². The summed E-state index contributed by atoms with van der Waals surface area (Å²) in [5.74, 6) is 1.22. The third kappa shape index (κ3) is 4.08. The summed E-state index contributed by atoms with van der Waals surface area (Å²) in [7, 11) is 0. The fourth-order valence-corrected chi connectivity index (χ4v) is 5.68. The number of furan rings is 1. The van der Waals surface area contributed by atoms with E-state index in [4.69, 9.17) is 9.15 Å². The van der Waals surface area contributed by atoms with Crippen LogP contribution in [0.2, 0.25) is 0 Å². The number of hydrogen-bond donors (Lipinski definition) is 2. The third-order valence-corrected chi connectivity index (χ3v) is 7.27. The number of ether oxygens (including phenoxy) is 1. The lowest BCUT2D eigenvalue weighted by Crippen LogP contribution is -2.38. The van der Waals surface area contributed by atoms with E-state index in [0.717, 1.165) is 35.4 Å². The molecule has 1 aliphatic heterocycles. The average molecular weight is 449 g/mol. The normalized spacial score (nSPS) is 19.7. The number of carbonyl (C=O) groups is 2. The van der Waals surface area contributed by atoms with Crippen molar-refractivity contribution < 1.29 is 18.7 Å². The van der Waals surface area contributed by atoms with Crippen molar-refractivity contribution in [3.05, 3.63) is 76.1 Å². The second-order valence-electron chi connectivity index (χ2n) is 8.11. The number of thiophene rings is 1. The van der Waals surface area contributed by atoms with E-state index in [0.29, 0.717) is 17.4 Å². The van der Waals surface area contributed by atoms with Gasteiger partial charge in [0.25, 0.3) is 5.91 Å². The Morgan fingerprint density at radius 3 is 2.84 bits per heavy atom. The van der Waals surface area contributed by atoms with Gasteiger partial charge in [-0.1, -0.05) is 25.5 Å². The average Bonchev–Trinajstić information content (AvgIpc) is 3.45. The van der Waals surface area contributed by atoms with Gasteiger partial charge in [-0.15, -0.1) is 11.3 Å². The summed E-state index contributed by atoms with van der Waals surface area (Å²) in [6, 6.07) is 10.6. The van der Waals surface area contributed by atoms with Crippen LogP contribution in [0.25, 0.3) is 6.08 Å². The fourth-order valence-electron chi connectivity index (χ4n) is 4.30. The Kier molecular flexibility index (Phi) is 5.57. The van der Waals surface area contributed by atoms with Crippen molar-refractivity contribution in [3.63, 3.8) is 0 Å². The molecule has 0 bridgehead atoms. The summed E-state index contributed by atoms with van der Waals surface area (Å²) in [6.45, 7) is 2.24. The van der Waals surface area contributed by atoms with Crippen LogP contribution in [0, 0.1) is 5.92 Å². The van der Waals surface area contributed by atoms with Crippen LogP contribution in [0.15, 0.2) is 53.2 Å². The van der Waals surface area contributed by atoms with Gasteiger partial charge in [-0.2, -0.15) is 0 Å². The molecular formula is C25H24N2O4S. The number of nitrogens with one attached hydrogen (secondary N) is 2. The Morgan fingerprint density at radius 2 is 2.09 bits per heavy atom. The molecule has 2 N–H and O–H groups in total. The summed E-state index contributed by atoms with van der Waals surface area (Å²) in [6.07, 6.45) is 8.47. The first-order chi connectivity index (χ1) is 15.6. The van der Waals surface area contributed by atoms with E-state index in [1.54, 1.807) is 41.7 Å². The topological polar surface area (TPSA) is 80.6 Å².